The van der Waals surface area contributed by atoms with Crippen molar-refractivity contribution in [2.75, 3.05) is 0 Å². The number of aryl methyl sites for hydroxylation is 13. The zero-order valence-electron chi connectivity index (χ0n) is 54.4. The fourth-order valence-corrected chi connectivity index (χ4v) is 12.3. The molecular formula is C78H75Cl2F2N5O3S2. The maximum atomic E-state index is 13.0. The van der Waals surface area contributed by atoms with Gasteiger partial charge in [0.1, 0.15) is 52.0 Å². The summed E-state index contributed by atoms with van der Waals surface area (Å²) in [7, 11) is 0. The number of imidazole rings is 1. The third-order valence-electron chi connectivity index (χ3n) is 14.7. The number of pyridine rings is 1. The highest BCUT2D eigenvalue weighted by Crippen LogP contribution is 2.30. The molecule has 1 atom stereocenters. The number of nitrogens with zero attached hydrogens (tertiary/aromatic N) is 4. The van der Waals surface area contributed by atoms with Crippen LogP contribution < -0.4 is 4.74 Å². The third-order valence-corrected chi connectivity index (χ3v) is 17.1. The van der Waals surface area contributed by atoms with Gasteiger partial charge in [-0.1, -0.05) is 106 Å². The van der Waals surface area contributed by atoms with Crippen molar-refractivity contribution in [3.63, 3.8) is 0 Å². The van der Waals surface area contributed by atoms with Gasteiger partial charge in [-0.3, -0.25) is 4.98 Å². The summed E-state index contributed by atoms with van der Waals surface area (Å²) in [5.74, 6) is 3.42. The number of ether oxygens (including phenoxy) is 1. The summed E-state index contributed by atoms with van der Waals surface area (Å²) in [5.41, 5.74) is 16.9. The molecule has 1 aliphatic rings. The Morgan fingerprint density at radius 2 is 0.946 bits per heavy atom. The number of thiazole rings is 2. The highest BCUT2D eigenvalue weighted by molar-refractivity contribution is 7.18. The Morgan fingerprint density at radius 1 is 0.424 bits per heavy atom. The van der Waals surface area contributed by atoms with Gasteiger partial charge in [0.05, 0.1) is 47.0 Å². The lowest BCUT2D eigenvalue weighted by atomic mass is 10.1. The van der Waals surface area contributed by atoms with Gasteiger partial charge >= 0.3 is 0 Å². The Bertz CT molecular complexity index is 4530. The van der Waals surface area contributed by atoms with E-state index in [1.807, 2.05) is 96.1 Å². The first-order valence-corrected chi connectivity index (χ1v) is 32.6. The maximum absolute atomic E-state index is 13.0. The van der Waals surface area contributed by atoms with Crippen LogP contribution in [0.3, 0.4) is 0 Å². The minimum absolute atomic E-state index is 0.147. The van der Waals surface area contributed by atoms with Crippen molar-refractivity contribution in [3.05, 3.63) is 275 Å². The highest BCUT2D eigenvalue weighted by atomic mass is 35.5. The number of aromatic nitrogens is 5. The van der Waals surface area contributed by atoms with Gasteiger partial charge in [-0.25, -0.2) is 23.7 Å². The van der Waals surface area contributed by atoms with E-state index in [1.165, 1.54) is 77.0 Å². The van der Waals surface area contributed by atoms with Crippen LogP contribution in [0.15, 0.2) is 185 Å². The molecule has 8 nitrogen and oxygen atoms in total. The summed E-state index contributed by atoms with van der Waals surface area (Å²) in [4.78, 5) is 20.4. The Labute approximate surface area is 554 Å². The average molecular weight is 1300 g/mol. The minimum Gasteiger partial charge on any atom is -0.490 e. The summed E-state index contributed by atoms with van der Waals surface area (Å²) in [5, 5.41) is 9.50. The fraction of sp³-hybridized carbons (Fsp3) is 0.205. The molecule has 14 heteroatoms. The van der Waals surface area contributed by atoms with Crippen molar-refractivity contribution >= 4 is 121 Å². The van der Waals surface area contributed by atoms with Gasteiger partial charge in [-0.2, -0.15) is 0 Å². The van der Waals surface area contributed by atoms with E-state index < -0.39 is 0 Å². The van der Waals surface area contributed by atoms with Crippen molar-refractivity contribution in [2.45, 2.75) is 109 Å². The molecule has 9 aromatic carbocycles. The number of halogens is 4. The summed E-state index contributed by atoms with van der Waals surface area (Å²) >= 11 is 14.9. The lowest BCUT2D eigenvalue weighted by Crippen LogP contribution is -2.05. The Balaban J connectivity index is 0.000000124. The van der Waals surface area contributed by atoms with Crippen molar-refractivity contribution in [2.24, 2.45) is 0 Å². The molecule has 16 rings (SSSR count). The van der Waals surface area contributed by atoms with Crippen LogP contribution in [0.25, 0.3) is 75.1 Å². The summed E-state index contributed by atoms with van der Waals surface area (Å²) < 4.78 is 44.5. The number of rotatable bonds is 0. The molecule has 1 unspecified atom stereocenters. The van der Waals surface area contributed by atoms with Gasteiger partial charge in [0, 0.05) is 44.4 Å². The van der Waals surface area contributed by atoms with Crippen LogP contribution in [0.5, 0.6) is 5.75 Å². The maximum Gasteiger partial charge on any atom is 0.137 e. The van der Waals surface area contributed by atoms with Crippen LogP contribution in [0.2, 0.25) is 10.0 Å². The number of hydrogen-bond donors (Lipinski definition) is 1. The number of fused-ring (bicyclic) bond motifs is 8. The van der Waals surface area contributed by atoms with E-state index in [1.54, 1.807) is 43.4 Å². The predicted octanol–water partition coefficient (Wildman–Crippen LogP) is 23.7. The van der Waals surface area contributed by atoms with Crippen LogP contribution in [-0.4, -0.2) is 31.0 Å². The largest absolute Gasteiger partial charge is 0.490 e. The average Bonchev–Trinajstić information content (AvgIpc) is 2.20. The Hall–Kier alpha value is -8.78. The number of hydrogen-bond acceptors (Lipinski definition) is 9. The first kappa shape index (κ1) is 67.6. The second-order valence-electron chi connectivity index (χ2n) is 23.3. The van der Waals surface area contributed by atoms with E-state index in [-0.39, 0.29) is 11.6 Å². The normalized spacial score (nSPS) is 12.0. The summed E-state index contributed by atoms with van der Waals surface area (Å²) in [6.45, 7) is 27.8. The predicted molar refractivity (Wildman–Crippen MR) is 385 cm³/mol. The highest BCUT2D eigenvalue weighted by Gasteiger charge is 2.18. The molecule has 0 saturated carbocycles. The molecule has 0 amide bonds. The molecule has 6 aromatic heterocycles. The quantitative estimate of drug-likeness (QED) is 0.161. The molecule has 0 bridgehead atoms. The van der Waals surface area contributed by atoms with E-state index in [9.17, 15) is 8.78 Å². The fourth-order valence-electron chi connectivity index (χ4n) is 10.3. The number of furan rings is 2. The molecule has 470 valence electrons. The van der Waals surface area contributed by atoms with Crippen LogP contribution in [0.1, 0.15) is 84.5 Å². The topological polar surface area (TPSA) is 103 Å². The number of benzene rings is 9. The molecule has 0 fully saturated rings. The van der Waals surface area contributed by atoms with Gasteiger partial charge in [0.2, 0.25) is 0 Å². The van der Waals surface area contributed by atoms with E-state index in [2.05, 4.69) is 164 Å². The Morgan fingerprint density at radius 3 is 1.68 bits per heavy atom. The van der Waals surface area contributed by atoms with Crippen LogP contribution >= 0.6 is 45.9 Å². The molecule has 0 aliphatic carbocycles. The second kappa shape index (κ2) is 30.6. The van der Waals surface area contributed by atoms with Crippen molar-refractivity contribution in [1.29, 1.82) is 0 Å². The second-order valence-corrected chi connectivity index (χ2v) is 26.6. The molecule has 0 saturated heterocycles. The number of H-pyrrole nitrogens is 1. The van der Waals surface area contributed by atoms with Gasteiger partial charge < -0.3 is 18.6 Å². The van der Waals surface area contributed by atoms with Gasteiger partial charge in [-0.15, -0.1) is 22.7 Å². The van der Waals surface area contributed by atoms with Gasteiger partial charge in [0.15, 0.2) is 0 Å². The van der Waals surface area contributed by atoms with Crippen molar-refractivity contribution in [1.82, 2.24) is 24.9 Å². The van der Waals surface area contributed by atoms with E-state index in [4.69, 9.17) is 36.8 Å². The van der Waals surface area contributed by atoms with Crippen LogP contribution in [0.4, 0.5) is 8.78 Å². The molecule has 1 N–H and O–H groups in total. The molecule has 7 heterocycles. The lowest BCUT2D eigenvalue weighted by molar-refractivity contribution is 0.254. The SMILES string of the molecule is Cc1cc2cc(C)c(F)cc2o1.Cc1ccc2c(c1)CC(C)O2.Cc1ccc2cc(Cl)ccc2c1.Cc1ccc2nc(C)ccc2c1.Cc1ccc2oc(C)cc2c1.Cc1ccc2sc(C)nc2c1.Cc1nc2cc(C)c(F)cc2s1.Cc1nc2ccc(Cl)cc2[nH]1. The smallest absolute Gasteiger partial charge is 0.137 e. The van der Waals surface area contributed by atoms with E-state index in [0.717, 1.165) is 98.5 Å². The van der Waals surface area contributed by atoms with Crippen molar-refractivity contribution < 1.29 is 22.4 Å². The molecule has 0 spiro atoms. The molecule has 0 radical (unpaired) electrons. The molecule has 1 aliphatic heterocycles. The Kier molecular flexibility index (Phi) is 22.5. The monoisotopic (exact) mass is 1300 g/mol. The zero-order chi connectivity index (χ0) is 65.9. The molecular weight excluding hydrogens is 1230 g/mol. The first-order valence-electron chi connectivity index (χ1n) is 30.2. The summed E-state index contributed by atoms with van der Waals surface area (Å²) in [6, 6.07) is 57.9. The number of nitrogens with one attached hydrogen (secondary N) is 1. The van der Waals surface area contributed by atoms with E-state index in [0.29, 0.717) is 22.8 Å². The van der Waals surface area contributed by atoms with Gasteiger partial charge in [0.25, 0.3) is 0 Å². The lowest BCUT2D eigenvalue weighted by Gasteiger charge is -2.01. The zero-order valence-corrected chi connectivity index (χ0v) is 57.5. The van der Waals surface area contributed by atoms with E-state index >= 15 is 0 Å². The number of aromatic amines is 1. The molecule has 92 heavy (non-hydrogen) atoms. The standard InChI is InChI=1S/C11H9Cl.C11H11N.C10H9FO.C10H12O.C10H10O.C9H8FNS.C9H9NS.C8H7ClN2/c1-8-2-3-10-7-11(12)5-4-9(10)6-8;1-8-3-6-11-10(7-8)5-4-9(2)12-11;1-6-3-8-4-7(2)12-10(8)5-9(6)11;2*1-7-3-4-10-9(5-7)6-8(2)11-10;1-5-3-8-9(4-7(5)10)12-6(2)11-8;1-6-3-4-9-8(5-6)10-7(2)11-9;1-5-10-7-3-2-6(9)4-8(7)11-5/h2-7H,1H3;3-7H,1-2H3;3-5H,1-2H3;3-5,8H,6H2,1-2H3;3-6H,1-2H3;3-4H,1-2H3;3-5H,1-2H3;2-4H,1H3,(H,10,11). The summed E-state index contributed by atoms with van der Waals surface area (Å²) in [6.07, 6.45) is 1.43. The third kappa shape index (κ3) is 18.7. The van der Waals surface area contributed by atoms with Crippen LogP contribution in [0, 0.1) is 102 Å². The van der Waals surface area contributed by atoms with Crippen LogP contribution in [-0.2, 0) is 6.42 Å². The molecule has 15 aromatic rings. The first-order chi connectivity index (χ1) is 43.9. The van der Waals surface area contributed by atoms with Crippen molar-refractivity contribution in [3.8, 4) is 5.75 Å². The van der Waals surface area contributed by atoms with Gasteiger partial charge in [-0.05, 0) is 239 Å². The minimum atomic E-state index is -0.211.